The van der Waals surface area contributed by atoms with E-state index in [1.807, 2.05) is 17.4 Å². The van der Waals surface area contributed by atoms with Gasteiger partial charge in [-0.15, -0.1) is 11.3 Å². The van der Waals surface area contributed by atoms with E-state index in [0.29, 0.717) is 0 Å². The van der Waals surface area contributed by atoms with Crippen molar-refractivity contribution in [2.45, 2.75) is 26.5 Å². The fourth-order valence-corrected chi connectivity index (χ4v) is 4.70. The second kappa shape index (κ2) is 9.01. The van der Waals surface area contributed by atoms with E-state index < -0.39 is 0 Å². The number of thiophene rings is 1. The van der Waals surface area contributed by atoms with Gasteiger partial charge in [-0.3, -0.25) is 4.90 Å². The molecule has 0 atom stereocenters. The van der Waals surface area contributed by atoms with Crippen molar-refractivity contribution >= 4 is 11.3 Å². The second-order valence-corrected chi connectivity index (χ2v) is 8.62. The van der Waals surface area contributed by atoms with Crippen molar-refractivity contribution in [1.82, 2.24) is 4.90 Å². The number of aryl methyl sites for hydroxylation is 1. The highest BCUT2D eigenvalue weighted by Crippen LogP contribution is 2.31. The van der Waals surface area contributed by atoms with Gasteiger partial charge in [0.2, 0.25) is 0 Å². The minimum absolute atomic E-state index is 0.0961. The molecule has 3 aromatic rings. The average Bonchev–Trinajstić information content (AvgIpc) is 3.19. The summed E-state index contributed by atoms with van der Waals surface area (Å²) in [6.45, 7) is 6.93. The summed E-state index contributed by atoms with van der Waals surface area (Å²) in [5, 5.41) is 9.41. The van der Waals surface area contributed by atoms with Crippen LogP contribution in [0.2, 0.25) is 0 Å². The molecule has 0 bridgehead atoms. The number of aliphatic hydroxyl groups is 1. The van der Waals surface area contributed by atoms with Crippen LogP contribution in [0, 0.1) is 6.92 Å². The molecule has 0 aliphatic carbocycles. The van der Waals surface area contributed by atoms with Gasteiger partial charge < -0.3 is 9.84 Å². The Labute approximate surface area is 171 Å². The largest absolute Gasteiger partial charge is 0.392 e. The lowest BCUT2D eigenvalue weighted by atomic mass is 10.0. The van der Waals surface area contributed by atoms with Crippen LogP contribution in [0.1, 0.15) is 27.1 Å². The normalized spacial score (nSPS) is 15.1. The monoisotopic (exact) mass is 393 g/mol. The van der Waals surface area contributed by atoms with Crippen molar-refractivity contribution in [3.8, 4) is 10.4 Å². The SMILES string of the molecule is Cc1ccc(CO)cc1Cc1ccc(-c2cccc(CN3CCOCC3)c2)s1. The second-order valence-electron chi connectivity index (χ2n) is 7.45. The fourth-order valence-electron chi connectivity index (χ4n) is 3.67. The zero-order chi connectivity index (χ0) is 19.3. The highest BCUT2D eigenvalue weighted by Gasteiger charge is 2.12. The molecule has 4 heteroatoms. The maximum absolute atomic E-state index is 9.41. The zero-order valence-electron chi connectivity index (χ0n) is 16.4. The maximum atomic E-state index is 9.41. The third-order valence-electron chi connectivity index (χ3n) is 5.34. The molecule has 0 saturated carbocycles. The van der Waals surface area contributed by atoms with Crippen LogP contribution in [-0.4, -0.2) is 36.3 Å². The number of benzene rings is 2. The van der Waals surface area contributed by atoms with Gasteiger partial charge in [0.25, 0.3) is 0 Å². The van der Waals surface area contributed by atoms with Crippen LogP contribution in [0.15, 0.2) is 54.6 Å². The Kier molecular flexibility index (Phi) is 6.23. The number of hydrogen-bond acceptors (Lipinski definition) is 4. The van der Waals surface area contributed by atoms with E-state index in [1.54, 1.807) is 0 Å². The molecule has 2 aromatic carbocycles. The summed E-state index contributed by atoms with van der Waals surface area (Å²) in [6, 6.07) is 19.6. The lowest BCUT2D eigenvalue weighted by molar-refractivity contribution is 0.0342. The van der Waals surface area contributed by atoms with Crippen molar-refractivity contribution in [2.24, 2.45) is 0 Å². The maximum Gasteiger partial charge on any atom is 0.0681 e. The Bertz CT molecular complexity index is 928. The van der Waals surface area contributed by atoms with Crippen LogP contribution in [-0.2, 0) is 24.3 Å². The van der Waals surface area contributed by atoms with Crippen molar-refractivity contribution < 1.29 is 9.84 Å². The van der Waals surface area contributed by atoms with E-state index in [-0.39, 0.29) is 6.61 Å². The quantitative estimate of drug-likeness (QED) is 0.662. The van der Waals surface area contributed by atoms with E-state index in [2.05, 4.69) is 60.4 Å². The summed E-state index contributed by atoms with van der Waals surface area (Å²) in [6.07, 6.45) is 0.914. The molecule has 146 valence electrons. The first-order valence-electron chi connectivity index (χ1n) is 9.88. The molecule has 1 fully saturated rings. The zero-order valence-corrected chi connectivity index (χ0v) is 17.2. The van der Waals surface area contributed by atoms with Crippen molar-refractivity contribution in [1.29, 1.82) is 0 Å². The van der Waals surface area contributed by atoms with E-state index in [4.69, 9.17) is 4.74 Å². The summed E-state index contributed by atoms with van der Waals surface area (Å²) in [5.41, 5.74) is 6.21. The predicted octanol–water partition coefficient (Wildman–Crippen LogP) is 4.64. The Balaban J connectivity index is 1.49. The number of rotatable bonds is 6. The van der Waals surface area contributed by atoms with Gasteiger partial charge in [-0.05, 0) is 52.9 Å². The molecule has 1 aromatic heterocycles. The fraction of sp³-hybridized carbons (Fsp3) is 0.333. The summed E-state index contributed by atoms with van der Waals surface area (Å²) in [7, 11) is 0. The summed E-state index contributed by atoms with van der Waals surface area (Å²) >= 11 is 1.86. The highest BCUT2D eigenvalue weighted by atomic mass is 32.1. The molecule has 2 heterocycles. The Hall–Kier alpha value is -1.98. The minimum Gasteiger partial charge on any atom is -0.392 e. The molecular formula is C24H27NO2S. The molecule has 0 amide bonds. The van der Waals surface area contributed by atoms with Gasteiger partial charge in [0.05, 0.1) is 19.8 Å². The molecule has 0 spiro atoms. The Morgan fingerprint density at radius 2 is 1.86 bits per heavy atom. The lowest BCUT2D eigenvalue weighted by Crippen LogP contribution is -2.35. The molecule has 28 heavy (non-hydrogen) atoms. The molecule has 1 aliphatic rings. The third-order valence-corrected chi connectivity index (χ3v) is 6.48. The van der Waals surface area contributed by atoms with Gasteiger partial charge >= 0.3 is 0 Å². The van der Waals surface area contributed by atoms with Crippen LogP contribution in [0.5, 0.6) is 0 Å². The number of ether oxygens (including phenoxy) is 1. The molecule has 1 aliphatic heterocycles. The highest BCUT2D eigenvalue weighted by molar-refractivity contribution is 7.15. The van der Waals surface area contributed by atoms with Gasteiger partial charge in [0.1, 0.15) is 0 Å². The van der Waals surface area contributed by atoms with E-state index >= 15 is 0 Å². The molecule has 1 N–H and O–H groups in total. The van der Waals surface area contributed by atoms with Gasteiger partial charge in [0, 0.05) is 35.8 Å². The lowest BCUT2D eigenvalue weighted by Gasteiger charge is -2.26. The van der Waals surface area contributed by atoms with Crippen LogP contribution in [0.3, 0.4) is 0 Å². The molecule has 0 radical (unpaired) electrons. The summed E-state index contributed by atoms with van der Waals surface area (Å²) in [4.78, 5) is 5.13. The standard InChI is InChI=1S/C24H27NO2S/c1-18-5-6-20(17-26)14-22(18)15-23-7-8-24(28-23)21-4-2-3-19(13-21)16-25-9-11-27-12-10-25/h2-8,13-14,26H,9-12,15-17H2,1H3. The predicted molar refractivity (Wildman–Crippen MR) is 116 cm³/mol. The van der Waals surface area contributed by atoms with Crippen molar-refractivity contribution in [2.75, 3.05) is 26.3 Å². The summed E-state index contributed by atoms with van der Waals surface area (Å²) < 4.78 is 5.45. The summed E-state index contributed by atoms with van der Waals surface area (Å²) in [5.74, 6) is 0. The van der Waals surface area contributed by atoms with Crippen LogP contribution in [0.4, 0.5) is 0 Å². The van der Waals surface area contributed by atoms with E-state index in [9.17, 15) is 5.11 Å². The van der Waals surface area contributed by atoms with Gasteiger partial charge in [0.15, 0.2) is 0 Å². The van der Waals surface area contributed by atoms with Gasteiger partial charge in [-0.2, -0.15) is 0 Å². The van der Waals surface area contributed by atoms with Crippen LogP contribution in [0.25, 0.3) is 10.4 Å². The van der Waals surface area contributed by atoms with E-state index in [1.165, 1.54) is 32.0 Å². The average molecular weight is 394 g/mol. The van der Waals surface area contributed by atoms with Gasteiger partial charge in [-0.25, -0.2) is 0 Å². The topological polar surface area (TPSA) is 32.7 Å². The Morgan fingerprint density at radius 3 is 2.68 bits per heavy atom. The van der Waals surface area contributed by atoms with E-state index in [0.717, 1.165) is 44.8 Å². The molecule has 0 unspecified atom stereocenters. The van der Waals surface area contributed by atoms with Crippen LogP contribution >= 0.6 is 11.3 Å². The van der Waals surface area contributed by atoms with Gasteiger partial charge in [-0.1, -0.05) is 36.4 Å². The molecular weight excluding hydrogens is 366 g/mol. The molecule has 1 saturated heterocycles. The minimum atomic E-state index is 0.0961. The smallest absolute Gasteiger partial charge is 0.0681 e. The number of hydrogen-bond donors (Lipinski definition) is 1. The Morgan fingerprint density at radius 1 is 1.00 bits per heavy atom. The first-order chi connectivity index (χ1) is 13.7. The first kappa shape index (κ1) is 19.3. The number of morpholine rings is 1. The van der Waals surface area contributed by atoms with Crippen LogP contribution < -0.4 is 0 Å². The molecule has 3 nitrogen and oxygen atoms in total. The first-order valence-corrected chi connectivity index (χ1v) is 10.7. The van der Waals surface area contributed by atoms with Crippen molar-refractivity contribution in [3.63, 3.8) is 0 Å². The number of nitrogens with zero attached hydrogens (tertiary/aromatic N) is 1. The molecule has 4 rings (SSSR count). The third kappa shape index (κ3) is 4.70. The van der Waals surface area contributed by atoms with Crippen molar-refractivity contribution in [3.05, 3.63) is 81.7 Å². The number of aliphatic hydroxyl groups excluding tert-OH is 1.